The van der Waals surface area contributed by atoms with E-state index in [0.717, 1.165) is 25.7 Å². The average Bonchev–Trinajstić information content (AvgIpc) is 2.65. The van der Waals surface area contributed by atoms with Gasteiger partial charge >= 0.3 is 0 Å². The molecule has 0 N–H and O–H groups in total. The molecule has 1 aliphatic heterocycles. The first kappa shape index (κ1) is 14.7. The summed E-state index contributed by atoms with van der Waals surface area (Å²) in [5, 5.41) is 0. The molecule has 4 nitrogen and oxygen atoms in total. The van der Waals surface area contributed by atoms with Gasteiger partial charge in [-0.3, -0.25) is 19.4 Å². The zero-order valence-corrected chi connectivity index (χ0v) is 12.8. The number of nitrogens with zero attached hydrogens (tertiary/aromatic N) is 2. The van der Waals surface area contributed by atoms with Gasteiger partial charge in [0.1, 0.15) is 11.6 Å². The average molecular weight is 266 g/mol. The van der Waals surface area contributed by atoms with Crippen molar-refractivity contribution in [3.8, 4) is 0 Å². The highest BCUT2D eigenvalue weighted by molar-refractivity contribution is 5.86. The van der Waals surface area contributed by atoms with E-state index in [4.69, 9.17) is 0 Å². The van der Waals surface area contributed by atoms with Crippen LogP contribution in [0.3, 0.4) is 0 Å². The van der Waals surface area contributed by atoms with Crippen LogP contribution in [0, 0.1) is 5.92 Å². The summed E-state index contributed by atoms with van der Waals surface area (Å²) in [5.41, 5.74) is -0.332. The molecular formula is C15H26N2O2. The van der Waals surface area contributed by atoms with E-state index in [-0.39, 0.29) is 23.1 Å². The largest absolute Gasteiger partial charge is 0.298 e. The summed E-state index contributed by atoms with van der Waals surface area (Å²) in [6.45, 7) is 3.39. The van der Waals surface area contributed by atoms with Crippen LogP contribution in [0.25, 0.3) is 0 Å². The highest BCUT2D eigenvalue weighted by Gasteiger charge is 2.51. The lowest BCUT2D eigenvalue weighted by Crippen LogP contribution is -2.57. The molecule has 19 heavy (non-hydrogen) atoms. The highest BCUT2D eigenvalue weighted by atomic mass is 16.1. The summed E-state index contributed by atoms with van der Waals surface area (Å²) in [4.78, 5) is 28.2. The minimum absolute atomic E-state index is 0.0555. The molecule has 0 spiro atoms. The molecule has 1 saturated carbocycles. The Morgan fingerprint density at radius 1 is 1.26 bits per heavy atom. The summed E-state index contributed by atoms with van der Waals surface area (Å²) >= 11 is 0. The summed E-state index contributed by atoms with van der Waals surface area (Å²) < 4.78 is 0. The van der Waals surface area contributed by atoms with Crippen LogP contribution in [0.2, 0.25) is 0 Å². The van der Waals surface area contributed by atoms with Gasteiger partial charge in [0.2, 0.25) is 0 Å². The lowest BCUT2D eigenvalue weighted by molar-refractivity contribution is -0.131. The first-order valence-electron chi connectivity index (χ1n) is 7.20. The number of rotatable bonds is 3. The van der Waals surface area contributed by atoms with Crippen molar-refractivity contribution in [2.24, 2.45) is 5.92 Å². The first-order chi connectivity index (χ1) is 8.79. The fourth-order valence-electron chi connectivity index (χ4n) is 4.16. The van der Waals surface area contributed by atoms with Gasteiger partial charge in [-0.2, -0.15) is 0 Å². The van der Waals surface area contributed by atoms with Crippen molar-refractivity contribution in [2.45, 2.75) is 57.2 Å². The summed E-state index contributed by atoms with van der Waals surface area (Å²) in [5.74, 6) is 1.09. The number of hydrogen-bond donors (Lipinski definition) is 0. The molecule has 0 bridgehead atoms. The molecule has 0 aromatic heterocycles. The summed E-state index contributed by atoms with van der Waals surface area (Å²) in [6, 6.07) is 0.425. The van der Waals surface area contributed by atoms with Crippen LogP contribution < -0.4 is 0 Å². The Bertz CT molecular complexity index is 394. The molecule has 4 atom stereocenters. The van der Waals surface area contributed by atoms with E-state index in [1.54, 1.807) is 13.8 Å². The van der Waals surface area contributed by atoms with Crippen LogP contribution in [-0.4, -0.2) is 60.1 Å². The second-order valence-corrected chi connectivity index (χ2v) is 6.58. The lowest BCUT2D eigenvalue weighted by atomic mass is 9.71. The maximum atomic E-state index is 12.1. The SMILES string of the molecule is CC(=O)C1CC2CCC(C(C)=O)(N(C)C)CC2N1C. The Morgan fingerprint density at radius 3 is 2.37 bits per heavy atom. The molecule has 1 saturated heterocycles. The zero-order chi connectivity index (χ0) is 14.4. The number of carbonyl (C=O) groups excluding carboxylic acids is 2. The van der Waals surface area contributed by atoms with E-state index < -0.39 is 0 Å². The molecule has 2 rings (SSSR count). The molecular weight excluding hydrogens is 240 g/mol. The fourth-order valence-corrected chi connectivity index (χ4v) is 4.16. The molecule has 0 aromatic rings. The van der Waals surface area contributed by atoms with Gasteiger partial charge in [-0.15, -0.1) is 0 Å². The van der Waals surface area contributed by atoms with E-state index in [1.807, 2.05) is 21.1 Å². The number of likely N-dealkylation sites (tertiary alicyclic amines) is 1. The normalized spacial score (nSPS) is 39.4. The highest BCUT2D eigenvalue weighted by Crippen LogP contribution is 2.44. The maximum absolute atomic E-state index is 12.1. The van der Waals surface area contributed by atoms with Crippen molar-refractivity contribution in [1.82, 2.24) is 9.80 Å². The number of carbonyl (C=O) groups is 2. The van der Waals surface area contributed by atoms with E-state index >= 15 is 0 Å². The van der Waals surface area contributed by atoms with Gasteiger partial charge in [0.25, 0.3) is 0 Å². The lowest BCUT2D eigenvalue weighted by Gasteiger charge is -2.46. The van der Waals surface area contributed by atoms with Crippen LogP contribution in [0.1, 0.15) is 39.5 Å². The second kappa shape index (κ2) is 4.98. The molecule has 4 unspecified atom stereocenters. The van der Waals surface area contributed by atoms with Gasteiger partial charge in [-0.25, -0.2) is 0 Å². The van der Waals surface area contributed by atoms with Gasteiger partial charge in [0.05, 0.1) is 11.6 Å². The molecule has 0 aromatic carbocycles. The molecule has 108 valence electrons. The Balaban J connectivity index is 2.23. The van der Waals surface area contributed by atoms with Crippen LogP contribution in [0.4, 0.5) is 0 Å². The third-order valence-electron chi connectivity index (χ3n) is 5.54. The van der Waals surface area contributed by atoms with Crippen LogP contribution in [0.15, 0.2) is 0 Å². The third-order valence-corrected chi connectivity index (χ3v) is 5.54. The predicted octanol–water partition coefficient (Wildman–Crippen LogP) is 1.34. The van der Waals surface area contributed by atoms with E-state index in [2.05, 4.69) is 9.80 Å². The van der Waals surface area contributed by atoms with E-state index in [0.29, 0.717) is 12.0 Å². The Kier molecular flexibility index (Phi) is 3.85. The van der Waals surface area contributed by atoms with Crippen molar-refractivity contribution in [3.05, 3.63) is 0 Å². The molecule has 1 heterocycles. The van der Waals surface area contributed by atoms with Crippen molar-refractivity contribution in [3.63, 3.8) is 0 Å². The standard InChI is InChI=1S/C15H26N2O2/c1-10(18)13-8-12-6-7-15(11(2)19,16(3)4)9-14(12)17(13)5/h12-14H,6-9H2,1-5H3. The first-order valence-corrected chi connectivity index (χ1v) is 7.20. The minimum atomic E-state index is -0.332. The Hall–Kier alpha value is -0.740. The van der Waals surface area contributed by atoms with Gasteiger partial charge in [-0.1, -0.05) is 0 Å². The number of likely N-dealkylation sites (N-methyl/N-ethyl adjacent to an activating group) is 2. The van der Waals surface area contributed by atoms with Crippen molar-refractivity contribution < 1.29 is 9.59 Å². The second-order valence-electron chi connectivity index (χ2n) is 6.58. The number of hydrogen-bond acceptors (Lipinski definition) is 4. The van der Waals surface area contributed by atoms with Crippen LogP contribution in [-0.2, 0) is 9.59 Å². The monoisotopic (exact) mass is 266 g/mol. The van der Waals surface area contributed by atoms with E-state index in [9.17, 15) is 9.59 Å². The van der Waals surface area contributed by atoms with Gasteiger partial charge < -0.3 is 0 Å². The molecule has 2 fully saturated rings. The zero-order valence-electron chi connectivity index (χ0n) is 12.8. The van der Waals surface area contributed by atoms with Crippen LogP contribution >= 0.6 is 0 Å². The number of ketones is 2. The third kappa shape index (κ3) is 2.25. The Labute approximate surface area is 116 Å². The molecule has 0 radical (unpaired) electrons. The van der Waals surface area contributed by atoms with Crippen molar-refractivity contribution in [1.29, 1.82) is 0 Å². The fraction of sp³-hybridized carbons (Fsp3) is 0.867. The van der Waals surface area contributed by atoms with Crippen LogP contribution in [0.5, 0.6) is 0 Å². The summed E-state index contributed by atoms with van der Waals surface area (Å²) in [6.07, 6.45) is 3.81. The van der Waals surface area contributed by atoms with E-state index in [1.165, 1.54) is 0 Å². The predicted molar refractivity (Wildman–Crippen MR) is 75.1 cm³/mol. The molecule has 2 aliphatic rings. The molecule has 1 aliphatic carbocycles. The van der Waals surface area contributed by atoms with Gasteiger partial charge in [-0.05, 0) is 66.6 Å². The van der Waals surface area contributed by atoms with Crippen molar-refractivity contribution >= 4 is 11.6 Å². The molecule has 0 amide bonds. The smallest absolute Gasteiger partial charge is 0.150 e. The van der Waals surface area contributed by atoms with Gasteiger partial charge in [0.15, 0.2) is 0 Å². The topological polar surface area (TPSA) is 40.6 Å². The molecule has 4 heteroatoms. The maximum Gasteiger partial charge on any atom is 0.150 e. The van der Waals surface area contributed by atoms with Crippen molar-refractivity contribution in [2.75, 3.05) is 21.1 Å². The Morgan fingerprint density at radius 2 is 1.89 bits per heavy atom. The minimum Gasteiger partial charge on any atom is -0.298 e. The number of fused-ring (bicyclic) bond motifs is 1. The number of Topliss-reactive ketones (excluding diaryl/α,β-unsaturated/α-hetero) is 2. The quantitative estimate of drug-likeness (QED) is 0.773. The summed E-state index contributed by atoms with van der Waals surface area (Å²) in [7, 11) is 6.04. The van der Waals surface area contributed by atoms with Gasteiger partial charge in [0, 0.05) is 6.04 Å².